The van der Waals surface area contributed by atoms with E-state index < -0.39 is 23.9 Å². The van der Waals surface area contributed by atoms with E-state index in [1.54, 1.807) is 0 Å². The van der Waals surface area contributed by atoms with E-state index in [2.05, 4.69) is 9.97 Å². The van der Waals surface area contributed by atoms with Gasteiger partial charge < -0.3 is 10.5 Å². The second-order valence-electron chi connectivity index (χ2n) is 4.82. The van der Waals surface area contributed by atoms with E-state index in [0.29, 0.717) is 6.42 Å². The molecule has 0 saturated heterocycles. The predicted molar refractivity (Wildman–Crippen MR) is 73.3 cm³/mol. The van der Waals surface area contributed by atoms with E-state index in [-0.39, 0.29) is 5.69 Å². The van der Waals surface area contributed by atoms with Crippen LogP contribution in [0.4, 0.5) is 0 Å². The van der Waals surface area contributed by atoms with Crippen LogP contribution in [0.3, 0.4) is 0 Å². The van der Waals surface area contributed by atoms with Crippen LogP contribution in [-0.4, -0.2) is 27.9 Å². The number of hydrogen-bond donors (Lipinski definition) is 1. The Kier molecular flexibility index (Phi) is 3.35. The summed E-state index contributed by atoms with van der Waals surface area (Å²) in [6.45, 7) is 0. The van der Waals surface area contributed by atoms with Crippen LogP contribution in [0.5, 0.6) is 0 Å². The second-order valence-corrected chi connectivity index (χ2v) is 4.82. The summed E-state index contributed by atoms with van der Waals surface area (Å²) in [6.07, 6.45) is 4.06. The second kappa shape index (κ2) is 5.32. The molecule has 0 radical (unpaired) electrons. The lowest BCUT2D eigenvalue weighted by Crippen LogP contribution is -2.32. The van der Waals surface area contributed by atoms with E-state index in [0.717, 1.165) is 11.1 Å². The molecule has 1 heterocycles. The van der Waals surface area contributed by atoms with Crippen molar-refractivity contribution in [2.24, 2.45) is 5.73 Å². The Morgan fingerprint density at radius 3 is 2.76 bits per heavy atom. The molecule has 6 nitrogen and oxygen atoms in total. The zero-order valence-corrected chi connectivity index (χ0v) is 11.1. The number of nitrogens with zero attached hydrogens (tertiary/aromatic N) is 2. The molecule has 1 aromatic heterocycles. The van der Waals surface area contributed by atoms with Crippen LogP contribution >= 0.6 is 0 Å². The number of carbonyl (C=O) groups is 2. The van der Waals surface area contributed by atoms with Gasteiger partial charge >= 0.3 is 5.97 Å². The van der Waals surface area contributed by atoms with Crippen LogP contribution in [0.25, 0.3) is 0 Å². The number of hydrogen-bond acceptors (Lipinski definition) is 5. The number of aromatic nitrogens is 2. The zero-order chi connectivity index (χ0) is 14.8. The molecule has 2 unspecified atom stereocenters. The quantitative estimate of drug-likeness (QED) is 0.842. The summed E-state index contributed by atoms with van der Waals surface area (Å²) in [7, 11) is 0. The number of primary amides is 1. The number of esters is 1. The molecule has 0 spiro atoms. The fourth-order valence-corrected chi connectivity index (χ4v) is 2.61. The molecule has 21 heavy (non-hydrogen) atoms. The first-order valence-corrected chi connectivity index (χ1v) is 6.51. The molecule has 2 N–H and O–H groups in total. The monoisotopic (exact) mass is 283 g/mol. The number of fused-ring (bicyclic) bond motifs is 1. The lowest BCUT2D eigenvalue weighted by Gasteiger charge is -2.17. The lowest BCUT2D eigenvalue weighted by atomic mass is 9.99. The maximum atomic E-state index is 12.0. The van der Waals surface area contributed by atoms with Crippen LogP contribution in [0, 0.1) is 0 Å². The van der Waals surface area contributed by atoms with E-state index >= 15 is 0 Å². The fraction of sp³-hybridized carbons (Fsp3) is 0.200. The summed E-state index contributed by atoms with van der Waals surface area (Å²) >= 11 is 0. The van der Waals surface area contributed by atoms with Crippen molar-refractivity contribution in [3.8, 4) is 0 Å². The van der Waals surface area contributed by atoms with Gasteiger partial charge in [-0.2, -0.15) is 0 Å². The Labute approximate surface area is 121 Å². The third kappa shape index (κ3) is 2.47. The number of amides is 1. The standard InChI is InChI=1S/C15H13N3O3/c16-14(19)13-10-4-2-1-3-9(10)7-12(13)21-15(20)11-8-17-5-6-18-11/h1-6,8,12-13H,7H2,(H2,16,19). The largest absolute Gasteiger partial charge is 0.456 e. The molecule has 0 saturated carbocycles. The highest BCUT2D eigenvalue weighted by Gasteiger charge is 2.39. The van der Waals surface area contributed by atoms with Gasteiger partial charge in [-0.05, 0) is 11.1 Å². The van der Waals surface area contributed by atoms with Crippen molar-refractivity contribution in [3.05, 3.63) is 59.7 Å². The Morgan fingerprint density at radius 2 is 2.05 bits per heavy atom. The van der Waals surface area contributed by atoms with E-state index in [4.69, 9.17) is 10.5 Å². The summed E-state index contributed by atoms with van der Waals surface area (Å²) in [6, 6.07) is 7.45. The minimum atomic E-state index is -0.623. The van der Waals surface area contributed by atoms with Gasteiger partial charge in [0.2, 0.25) is 5.91 Å². The van der Waals surface area contributed by atoms with Crippen molar-refractivity contribution in [2.75, 3.05) is 0 Å². The zero-order valence-electron chi connectivity index (χ0n) is 11.1. The molecule has 0 fully saturated rings. The number of rotatable bonds is 3. The van der Waals surface area contributed by atoms with E-state index in [1.807, 2.05) is 24.3 Å². The lowest BCUT2D eigenvalue weighted by molar-refractivity contribution is -0.121. The summed E-state index contributed by atoms with van der Waals surface area (Å²) in [5.41, 5.74) is 7.36. The Hall–Kier alpha value is -2.76. The summed E-state index contributed by atoms with van der Waals surface area (Å²) in [5, 5.41) is 0. The van der Waals surface area contributed by atoms with Gasteiger partial charge in [-0.3, -0.25) is 9.78 Å². The summed E-state index contributed by atoms with van der Waals surface area (Å²) < 4.78 is 5.41. The molecular weight excluding hydrogens is 270 g/mol. The SMILES string of the molecule is NC(=O)C1c2ccccc2CC1OC(=O)c1cnccn1. The molecule has 0 bridgehead atoms. The molecular formula is C15H13N3O3. The van der Waals surface area contributed by atoms with Gasteiger partial charge in [0.1, 0.15) is 12.0 Å². The molecule has 106 valence electrons. The van der Waals surface area contributed by atoms with Crippen molar-refractivity contribution in [1.29, 1.82) is 0 Å². The molecule has 1 amide bonds. The third-order valence-electron chi connectivity index (χ3n) is 3.52. The molecule has 2 atom stereocenters. The first-order valence-electron chi connectivity index (χ1n) is 6.51. The highest BCUT2D eigenvalue weighted by molar-refractivity contribution is 5.89. The Morgan fingerprint density at radius 1 is 1.24 bits per heavy atom. The summed E-state index contributed by atoms with van der Waals surface area (Å²) in [5.74, 6) is -1.73. The van der Waals surface area contributed by atoms with Crippen molar-refractivity contribution in [1.82, 2.24) is 9.97 Å². The molecule has 6 heteroatoms. The average Bonchev–Trinajstić information content (AvgIpc) is 2.86. The van der Waals surface area contributed by atoms with Gasteiger partial charge in [-0.15, -0.1) is 0 Å². The number of carbonyl (C=O) groups excluding carboxylic acids is 2. The first-order chi connectivity index (χ1) is 10.2. The normalized spacial score (nSPS) is 19.8. The molecule has 3 rings (SSSR count). The van der Waals surface area contributed by atoms with Crippen LogP contribution < -0.4 is 5.73 Å². The molecule has 0 aliphatic heterocycles. The molecule has 1 aromatic carbocycles. The molecule has 1 aliphatic rings. The van der Waals surface area contributed by atoms with Crippen LogP contribution in [-0.2, 0) is 16.0 Å². The van der Waals surface area contributed by atoms with Gasteiger partial charge in [-0.1, -0.05) is 24.3 Å². The van der Waals surface area contributed by atoms with Gasteiger partial charge in [0.25, 0.3) is 0 Å². The van der Waals surface area contributed by atoms with Crippen LogP contribution in [0.15, 0.2) is 42.9 Å². The van der Waals surface area contributed by atoms with E-state index in [9.17, 15) is 9.59 Å². The maximum Gasteiger partial charge on any atom is 0.358 e. The minimum Gasteiger partial charge on any atom is -0.456 e. The first kappa shape index (κ1) is 13.2. The minimum absolute atomic E-state index is 0.108. The highest BCUT2D eigenvalue weighted by atomic mass is 16.5. The van der Waals surface area contributed by atoms with Crippen molar-refractivity contribution < 1.29 is 14.3 Å². The summed E-state index contributed by atoms with van der Waals surface area (Å²) in [4.78, 5) is 31.4. The number of ether oxygens (including phenoxy) is 1. The molecule has 2 aromatic rings. The Balaban J connectivity index is 1.83. The highest BCUT2D eigenvalue weighted by Crippen LogP contribution is 2.35. The van der Waals surface area contributed by atoms with Gasteiger partial charge in [0.05, 0.1) is 6.20 Å². The number of nitrogens with two attached hydrogens (primary N) is 1. The van der Waals surface area contributed by atoms with Gasteiger partial charge in [-0.25, -0.2) is 9.78 Å². The van der Waals surface area contributed by atoms with Crippen molar-refractivity contribution in [2.45, 2.75) is 18.4 Å². The van der Waals surface area contributed by atoms with Crippen LogP contribution in [0.2, 0.25) is 0 Å². The number of benzene rings is 1. The average molecular weight is 283 g/mol. The van der Waals surface area contributed by atoms with Crippen molar-refractivity contribution in [3.63, 3.8) is 0 Å². The van der Waals surface area contributed by atoms with Crippen LogP contribution in [0.1, 0.15) is 27.5 Å². The molecule has 1 aliphatic carbocycles. The maximum absolute atomic E-state index is 12.0. The van der Waals surface area contributed by atoms with Gasteiger partial charge in [0, 0.05) is 18.8 Å². The third-order valence-corrected chi connectivity index (χ3v) is 3.52. The topological polar surface area (TPSA) is 95.2 Å². The van der Waals surface area contributed by atoms with Crippen molar-refractivity contribution >= 4 is 11.9 Å². The predicted octanol–water partition coefficient (Wildman–Crippen LogP) is 0.827. The van der Waals surface area contributed by atoms with Gasteiger partial charge in [0.15, 0.2) is 5.69 Å². The Bertz CT molecular complexity index is 688. The smallest absolute Gasteiger partial charge is 0.358 e. The van der Waals surface area contributed by atoms with E-state index in [1.165, 1.54) is 18.6 Å². The fourth-order valence-electron chi connectivity index (χ4n) is 2.61.